The molecule has 0 fully saturated rings. The Morgan fingerprint density at radius 2 is 1.86 bits per heavy atom. The summed E-state index contributed by atoms with van der Waals surface area (Å²) in [6, 6.07) is 9.38. The fourth-order valence-corrected chi connectivity index (χ4v) is 4.23. The number of thioether (sulfide) groups is 1. The summed E-state index contributed by atoms with van der Waals surface area (Å²) in [5, 5.41) is 1.13. The fourth-order valence-electron chi connectivity index (χ4n) is 3.00. The van der Waals surface area contributed by atoms with Crippen molar-refractivity contribution in [1.82, 2.24) is 4.98 Å². The van der Waals surface area contributed by atoms with Gasteiger partial charge >= 0.3 is 6.18 Å². The van der Waals surface area contributed by atoms with Crippen LogP contribution in [-0.4, -0.2) is 23.0 Å². The molecule has 4 N–H and O–H groups in total. The van der Waals surface area contributed by atoms with E-state index >= 15 is 0 Å². The zero-order valence-electron chi connectivity index (χ0n) is 14.1. The lowest BCUT2D eigenvalue weighted by Crippen LogP contribution is -2.50. The van der Waals surface area contributed by atoms with E-state index in [9.17, 15) is 13.2 Å². The number of benzene rings is 1. The van der Waals surface area contributed by atoms with Crippen LogP contribution in [0.15, 0.2) is 58.3 Å². The zero-order valence-corrected chi connectivity index (χ0v) is 15.7. The van der Waals surface area contributed by atoms with Crippen LogP contribution in [0.3, 0.4) is 0 Å². The van der Waals surface area contributed by atoms with E-state index < -0.39 is 23.5 Å². The van der Waals surface area contributed by atoms with Gasteiger partial charge in [0.05, 0.1) is 34.6 Å². The van der Waals surface area contributed by atoms with Gasteiger partial charge in [-0.25, -0.2) is 9.98 Å². The maximum atomic E-state index is 12.8. The average Bonchev–Trinajstić information content (AvgIpc) is 2.99. The molecule has 146 valence electrons. The van der Waals surface area contributed by atoms with Crippen molar-refractivity contribution in [1.29, 1.82) is 0 Å². The van der Waals surface area contributed by atoms with Crippen LogP contribution in [0.2, 0.25) is 5.02 Å². The number of hydrogen-bond acceptors (Lipinski definition) is 7. The van der Waals surface area contributed by atoms with Gasteiger partial charge in [0.2, 0.25) is 0 Å². The molecule has 2 aromatic rings. The van der Waals surface area contributed by atoms with Crippen molar-refractivity contribution < 1.29 is 13.2 Å². The molecule has 28 heavy (non-hydrogen) atoms. The van der Waals surface area contributed by atoms with E-state index in [0.29, 0.717) is 27.1 Å². The van der Waals surface area contributed by atoms with Gasteiger partial charge in [-0.1, -0.05) is 35.5 Å². The SMILES string of the molecule is NC1C2=C(N=CN1c1ccc(C(F)(F)F)nc1)SC(N)N2c1ccccc1Cl. The van der Waals surface area contributed by atoms with E-state index in [1.165, 1.54) is 29.1 Å². The van der Waals surface area contributed by atoms with Gasteiger partial charge in [-0.2, -0.15) is 13.2 Å². The number of hydrogen-bond donors (Lipinski definition) is 2. The molecule has 0 saturated carbocycles. The van der Waals surface area contributed by atoms with Crippen molar-refractivity contribution in [2.45, 2.75) is 17.8 Å². The minimum absolute atomic E-state index is 0.375. The van der Waals surface area contributed by atoms with Crippen molar-refractivity contribution >= 4 is 41.1 Å². The Morgan fingerprint density at radius 1 is 1.11 bits per heavy atom. The first kappa shape index (κ1) is 19.1. The van der Waals surface area contributed by atoms with Crippen LogP contribution in [-0.2, 0) is 6.18 Å². The highest BCUT2D eigenvalue weighted by atomic mass is 35.5. The largest absolute Gasteiger partial charge is 0.433 e. The smallest absolute Gasteiger partial charge is 0.313 e. The van der Waals surface area contributed by atoms with Crippen LogP contribution in [0, 0.1) is 0 Å². The second-order valence-electron chi connectivity index (χ2n) is 6.02. The van der Waals surface area contributed by atoms with Gasteiger partial charge in [0.1, 0.15) is 22.4 Å². The summed E-state index contributed by atoms with van der Waals surface area (Å²) in [5.74, 6) is 0. The molecule has 0 spiro atoms. The Balaban J connectivity index is 1.68. The predicted octanol–water partition coefficient (Wildman–Crippen LogP) is 3.55. The van der Waals surface area contributed by atoms with Gasteiger partial charge in [-0.15, -0.1) is 0 Å². The summed E-state index contributed by atoms with van der Waals surface area (Å²) in [6.45, 7) is 0. The molecule has 4 rings (SSSR count). The summed E-state index contributed by atoms with van der Waals surface area (Å²) in [5.41, 5.74) is 12.9. The lowest BCUT2D eigenvalue weighted by atomic mass is 10.2. The molecule has 0 saturated heterocycles. The van der Waals surface area contributed by atoms with E-state index in [0.717, 1.165) is 12.3 Å². The van der Waals surface area contributed by atoms with Crippen LogP contribution >= 0.6 is 23.4 Å². The molecule has 2 unspecified atom stereocenters. The Morgan fingerprint density at radius 3 is 2.50 bits per heavy atom. The molecule has 1 aromatic carbocycles. The van der Waals surface area contributed by atoms with Crippen LogP contribution in [0.5, 0.6) is 0 Å². The Hall–Kier alpha value is -2.27. The lowest BCUT2D eigenvalue weighted by molar-refractivity contribution is -0.141. The third-order valence-electron chi connectivity index (χ3n) is 4.29. The number of halogens is 4. The Kier molecular flexibility index (Phi) is 4.74. The standard InChI is InChI=1S/C17H14ClF3N6S/c18-10-3-1-2-4-11(10)27-13-14(22)26(8-25-15(13)28-16(27)23)9-5-6-12(24-7-9)17(19,20)21/h1-8,14,16H,22-23H2. The first-order valence-corrected chi connectivity index (χ1v) is 9.34. The minimum atomic E-state index is -4.51. The normalized spacial score (nSPS) is 22.1. The van der Waals surface area contributed by atoms with Crippen molar-refractivity contribution in [3.8, 4) is 0 Å². The highest BCUT2D eigenvalue weighted by Crippen LogP contribution is 2.45. The number of aromatic nitrogens is 1. The number of alkyl halides is 3. The van der Waals surface area contributed by atoms with E-state index in [4.69, 9.17) is 23.1 Å². The maximum Gasteiger partial charge on any atom is 0.433 e. The second-order valence-corrected chi connectivity index (χ2v) is 7.53. The van der Waals surface area contributed by atoms with E-state index in [1.807, 2.05) is 12.1 Å². The molecule has 1 aromatic heterocycles. The summed E-state index contributed by atoms with van der Waals surface area (Å²) in [6.07, 6.45) is -2.67. The van der Waals surface area contributed by atoms with Gasteiger partial charge in [-0.05, 0) is 24.3 Å². The van der Waals surface area contributed by atoms with E-state index in [1.54, 1.807) is 17.0 Å². The first-order valence-electron chi connectivity index (χ1n) is 8.09. The highest BCUT2D eigenvalue weighted by molar-refractivity contribution is 8.04. The fraction of sp³-hybridized carbons (Fsp3) is 0.176. The van der Waals surface area contributed by atoms with Gasteiger partial charge in [0.25, 0.3) is 0 Å². The number of anilines is 2. The Labute approximate surface area is 167 Å². The molecule has 6 nitrogen and oxygen atoms in total. The van der Waals surface area contributed by atoms with E-state index in [2.05, 4.69) is 9.98 Å². The van der Waals surface area contributed by atoms with Crippen LogP contribution in [0.25, 0.3) is 0 Å². The molecule has 2 aliphatic heterocycles. The number of nitrogens with two attached hydrogens (primary N) is 2. The topological polar surface area (TPSA) is 83.8 Å². The number of para-hydroxylation sites is 1. The van der Waals surface area contributed by atoms with Crippen molar-refractivity contribution in [3.05, 3.63) is 64.0 Å². The first-order chi connectivity index (χ1) is 13.3. The van der Waals surface area contributed by atoms with Crippen molar-refractivity contribution in [2.24, 2.45) is 16.5 Å². The van der Waals surface area contributed by atoms with Crippen LogP contribution in [0.4, 0.5) is 24.5 Å². The molecule has 3 heterocycles. The number of pyridine rings is 1. The number of aliphatic imine (C=N–C) groups is 1. The van der Waals surface area contributed by atoms with E-state index in [-0.39, 0.29) is 0 Å². The van der Waals surface area contributed by atoms with Gasteiger partial charge in [-0.3, -0.25) is 0 Å². The molecule has 0 amide bonds. The summed E-state index contributed by atoms with van der Waals surface area (Å²) in [4.78, 5) is 11.2. The molecular formula is C17H14ClF3N6S. The molecule has 2 aliphatic rings. The minimum Gasteiger partial charge on any atom is -0.313 e. The molecular weight excluding hydrogens is 413 g/mol. The molecule has 11 heteroatoms. The zero-order chi connectivity index (χ0) is 20.1. The molecule has 0 radical (unpaired) electrons. The lowest BCUT2D eigenvalue weighted by Gasteiger charge is -2.35. The number of rotatable bonds is 2. The predicted molar refractivity (Wildman–Crippen MR) is 105 cm³/mol. The van der Waals surface area contributed by atoms with Crippen LogP contribution < -0.4 is 21.3 Å². The van der Waals surface area contributed by atoms with Gasteiger partial charge in [0.15, 0.2) is 0 Å². The maximum absolute atomic E-state index is 12.8. The summed E-state index contributed by atoms with van der Waals surface area (Å²) < 4.78 is 38.3. The molecule has 0 bridgehead atoms. The molecule has 2 atom stereocenters. The van der Waals surface area contributed by atoms with Gasteiger partial charge < -0.3 is 21.3 Å². The quantitative estimate of drug-likeness (QED) is 0.764. The third kappa shape index (κ3) is 3.22. The van der Waals surface area contributed by atoms with Crippen LogP contribution in [0.1, 0.15) is 5.69 Å². The monoisotopic (exact) mass is 426 g/mol. The second kappa shape index (κ2) is 6.96. The van der Waals surface area contributed by atoms with Crippen molar-refractivity contribution in [3.63, 3.8) is 0 Å². The summed E-state index contributed by atoms with van der Waals surface area (Å²) >= 11 is 7.65. The summed E-state index contributed by atoms with van der Waals surface area (Å²) in [7, 11) is 0. The van der Waals surface area contributed by atoms with Gasteiger partial charge in [0, 0.05) is 0 Å². The highest BCUT2D eigenvalue weighted by Gasteiger charge is 2.40. The Bertz CT molecular complexity index is 962. The third-order valence-corrected chi connectivity index (χ3v) is 5.60. The molecule has 0 aliphatic carbocycles. The average molecular weight is 427 g/mol. The van der Waals surface area contributed by atoms with Crippen molar-refractivity contribution in [2.75, 3.05) is 9.80 Å². The number of nitrogens with zero attached hydrogens (tertiary/aromatic N) is 4.